The number of nitrogens with one attached hydrogen (secondary N) is 1. The number of hydrogen-bond acceptors (Lipinski definition) is 3. The number of rotatable bonds is 5. The lowest BCUT2D eigenvalue weighted by Crippen LogP contribution is -2.48. The van der Waals surface area contributed by atoms with Gasteiger partial charge in [-0.3, -0.25) is 14.6 Å². The summed E-state index contributed by atoms with van der Waals surface area (Å²) >= 11 is 12.0. The molecule has 30 heavy (non-hydrogen) atoms. The molecule has 162 valence electrons. The van der Waals surface area contributed by atoms with Crippen molar-refractivity contribution < 1.29 is 22.4 Å². The molecule has 0 radical (unpaired) electrons. The van der Waals surface area contributed by atoms with Gasteiger partial charge in [0.25, 0.3) is 0 Å². The zero-order valence-electron chi connectivity index (χ0n) is 15.8. The lowest BCUT2D eigenvalue weighted by molar-refractivity contribution is -0.137. The van der Waals surface area contributed by atoms with Crippen molar-refractivity contribution in [2.24, 2.45) is 0 Å². The van der Waals surface area contributed by atoms with E-state index in [4.69, 9.17) is 23.2 Å². The second-order valence-corrected chi connectivity index (χ2v) is 7.84. The van der Waals surface area contributed by atoms with E-state index in [1.165, 1.54) is 12.1 Å². The lowest BCUT2D eigenvalue weighted by atomic mass is 10.2. The summed E-state index contributed by atoms with van der Waals surface area (Å²) < 4.78 is 51.7. The Morgan fingerprint density at radius 3 is 2.27 bits per heavy atom. The quantitative estimate of drug-likeness (QED) is 0.640. The van der Waals surface area contributed by atoms with Crippen LogP contribution < -0.4 is 5.32 Å². The normalized spacial score (nSPS) is 15.9. The van der Waals surface area contributed by atoms with Crippen molar-refractivity contribution in [2.45, 2.75) is 12.7 Å². The van der Waals surface area contributed by atoms with Crippen LogP contribution in [-0.4, -0.2) is 48.4 Å². The maximum absolute atomic E-state index is 13.2. The third-order valence-electron chi connectivity index (χ3n) is 4.81. The Morgan fingerprint density at radius 1 is 0.967 bits per heavy atom. The van der Waals surface area contributed by atoms with Crippen LogP contribution in [0.25, 0.3) is 0 Å². The van der Waals surface area contributed by atoms with Crippen LogP contribution in [0.3, 0.4) is 0 Å². The van der Waals surface area contributed by atoms with Crippen molar-refractivity contribution in [3.63, 3.8) is 0 Å². The van der Waals surface area contributed by atoms with Gasteiger partial charge in [0.05, 0.1) is 22.8 Å². The van der Waals surface area contributed by atoms with E-state index in [1.54, 1.807) is 6.07 Å². The monoisotopic (exact) mass is 463 g/mol. The van der Waals surface area contributed by atoms with Gasteiger partial charge in [-0.1, -0.05) is 29.3 Å². The summed E-state index contributed by atoms with van der Waals surface area (Å²) in [5.74, 6) is -0.827. The Morgan fingerprint density at radius 2 is 1.63 bits per heavy atom. The number of hydrogen-bond donors (Lipinski definition) is 1. The number of alkyl halides is 3. The fourth-order valence-corrected chi connectivity index (χ4v) is 3.58. The van der Waals surface area contributed by atoms with Crippen LogP contribution in [0, 0.1) is 5.82 Å². The number of benzene rings is 2. The topological polar surface area (TPSA) is 35.6 Å². The first-order chi connectivity index (χ1) is 14.1. The highest BCUT2D eigenvalue weighted by Gasteiger charge is 2.31. The smallest absolute Gasteiger partial charge is 0.324 e. The second kappa shape index (κ2) is 9.51. The molecule has 1 heterocycles. The maximum Gasteiger partial charge on any atom is 0.416 e. The average Bonchev–Trinajstić information content (AvgIpc) is 2.66. The van der Waals surface area contributed by atoms with Gasteiger partial charge in [0.2, 0.25) is 5.91 Å². The number of halogens is 6. The van der Waals surface area contributed by atoms with Crippen molar-refractivity contribution in [2.75, 3.05) is 38.0 Å². The molecule has 1 N–H and O–H groups in total. The first kappa shape index (κ1) is 22.8. The van der Waals surface area contributed by atoms with Gasteiger partial charge in [0.1, 0.15) is 5.82 Å². The summed E-state index contributed by atoms with van der Waals surface area (Å²) in [6, 6.07) is 7.09. The molecule has 2 aromatic carbocycles. The van der Waals surface area contributed by atoms with Crippen LogP contribution in [0.15, 0.2) is 36.4 Å². The highest BCUT2D eigenvalue weighted by Crippen LogP contribution is 2.33. The Kier molecular flexibility index (Phi) is 7.23. The van der Waals surface area contributed by atoms with Crippen LogP contribution >= 0.6 is 23.2 Å². The number of piperazine rings is 1. The largest absolute Gasteiger partial charge is 0.416 e. The summed E-state index contributed by atoms with van der Waals surface area (Å²) in [4.78, 5) is 16.3. The molecule has 1 aliphatic heterocycles. The molecule has 0 bridgehead atoms. The summed E-state index contributed by atoms with van der Waals surface area (Å²) in [7, 11) is 0. The summed E-state index contributed by atoms with van der Waals surface area (Å²) in [6.45, 7) is 3.15. The van der Waals surface area contributed by atoms with E-state index >= 15 is 0 Å². The van der Waals surface area contributed by atoms with Gasteiger partial charge in [0.15, 0.2) is 0 Å². The molecule has 1 fully saturated rings. The van der Waals surface area contributed by atoms with E-state index < -0.39 is 17.6 Å². The van der Waals surface area contributed by atoms with E-state index in [9.17, 15) is 22.4 Å². The number of carbonyl (C=O) groups is 1. The van der Waals surface area contributed by atoms with Gasteiger partial charge in [-0.15, -0.1) is 0 Å². The Labute approximate surface area is 181 Å². The second-order valence-electron chi connectivity index (χ2n) is 7.03. The molecule has 0 aromatic heterocycles. The van der Waals surface area contributed by atoms with Gasteiger partial charge < -0.3 is 5.32 Å². The van der Waals surface area contributed by atoms with Gasteiger partial charge in [-0.05, 0) is 35.9 Å². The van der Waals surface area contributed by atoms with E-state index in [2.05, 4.69) is 10.2 Å². The van der Waals surface area contributed by atoms with E-state index in [0.29, 0.717) is 37.7 Å². The van der Waals surface area contributed by atoms with Gasteiger partial charge in [-0.2, -0.15) is 13.2 Å². The molecule has 1 aliphatic rings. The molecule has 0 aliphatic carbocycles. The van der Waals surface area contributed by atoms with Crippen molar-refractivity contribution in [1.29, 1.82) is 0 Å². The molecular weight excluding hydrogens is 445 g/mol. The summed E-state index contributed by atoms with van der Waals surface area (Å²) in [5, 5.41) is 2.86. The first-order valence-corrected chi connectivity index (χ1v) is 9.92. The predicted octanol–water partition coefficient (Wildman–Crippen LogP) is 4.91. The highest BCUT2D eigenvalue weighted by molar-refractivity contribution is 6.33. The zero-order valence-corrected chi connectivity index (χ0v) is 17.3. The molecule has 0 spiro atoms. The minimum atomic E-state index is -4.52. The molecule has 0 atom stereocenters. The Hall–Kier alpha value is -1.87. The fourth-order valence-electron chi connectivity index (χ4n) is 3.19. The minimum absolute atomic E-state index is 0.0392. The number of anilines is 1. The van der Waals surface area contributed by atoms with E-state index in [1.807, 2.05) is 4.90 Å². The molecule has 1 amide bonds. The summed E-state index contributed by atoms with van der Waals surface area (Å²) in [6.07, 6.45) is -4.52. The predicted molar refractivity (Wildman–Crippen MR) is 108 cm³/mol. The van der Waals surface area contributed by atoms with Gasteiger partial charge >= 0.3 is 6.18 Å². The molecule has 4 nitrogen and oxygen atoms in total. The number of carbonyl (C=O) groups excluding carboxylic acids is 1. The zero-order chi connectivity index (χ0) is 21.9. The molecule has 10 heteroatoms. The summed E-state index contributed by atoms with van der Waals surface area (Å²) in [5.41, 5.74) is -0.125. The molecule has 3 rings (SSSR count). The molecule has 0 saturated carbocycles. The number of nitrogens with zero attached hydrogens (tertiary/aromatic N) is 2. The lowest BCUT2D eigenvalue weighted by Gasteiger charge is -2.34. The van der Waals surface area contributed by atoms with E-state index in [0.717, 1.165) is 23.8 Å². The van der Waals surface area contributed by atoms with Crippen LogP contribution in [0.1, 0.15) is 11.1 Å². The number of amides is 1. The SMILES string of the molecule is O=C(CN1CCN(Cc2ccc(F)cc2Cl)CC1)Nc1cc(C(F)(F)F)ccc1Cl. The van der Waals surface area contributed by atoms with Crippen LogP contribution in [0.5, 0.6) is 0 Å². The average molecular weight is 464 g/mol. The third kappa shape index (κ3) is 6.07. The molecule has 2 aromatic rings. The van der Waals surface area contributed by atoms with Crippen molar-refractivity contribution in [3.05, 3.63) is 63.4 Å². The molecular formula is C20H19Cl2F4N3O. The fraction of sp³-hybridized carbons (Fsp3) is 0.350. The highest BCUT2D eigenvalue weighted by atomic mass is 35.5. The van der Waals surface area contributed by atoms with Crippen molar-refractivity contribution in [3.8, 4) is 0 Å². The van der Waals surface area contributed by atoms with Crippen LogP contribution in [0.2, 0.25) is 10.0 Å². The standard InChI is InChI=1S/C20H19Cl2F4N3O/c21-16-4-2-14(20(24,25)26)9-18(16)27-19(30)12-29-7-5-28(6-8-29)11-13-1-3-15(23)10-17(13)22/h1-4,9-10H,5-8,11-12H2,(H,27,30). The van der Waals surface area contributed by atoms with Gasteiger partial charge in [-0.25, -0.2) is 4.39 Å². The van der Waals surface area contributed by atoms with Gasteiger partial charge in [0, 0.05) is 37.7 Å². The van der Waals surface area contributed by atoms with Crippen LogP contribution in [0.4, 0.5) is 23.2 Å². The van der Waals surface area contributed by atoms with Crippen molar-refractivity contribution >= 4 is 34.8 Å². The van der Waals surface area contributed by atoms with Crippen molar-refractivity contribution in [1.82, 2.24) is 9.80 Å². The van der Waals surface area contributed by atoms with E-state index in [-0.39, 0.29) is 23.1 Å². The van der Waals surface area contributed by atoms with Crippen LogP contribution in [-0.2, 0) is 17.5 Å². The Balaban J connectivity index is 1.51. The first-order valence-electron chi connectivity index (χ1n) is 9.17. The maximum atomic E-state index is 13.2. The minimum Gasteiger partial charge on any atom is -0.324 e. The third-order valence-corrected chi connectivity index (χ3v) is 5.49. The molecule has 0 unspecified atom stereocenters. The molecule has 1 saturated heterocycles. The Bertz CT molecular complexity index is 915.